The van der Waals surface area contributed by atoms with Crippen molar-refractivity contribution in [3.8, 4) is 5.69 Å². The fraction of sp³-hybridized carbons (Fsp3) is 0.150. The summed E-state index contributed by atoms with van der Waals surface area (Å²) in [4.78, 5) is 12.9. The molecule has 0 unspecified atom stereocenters. The molecule has 0 spiro atoms. The first-order valence-corrected chi connectivity index (χ1v) is 11.1. The van der Waals surface area contributed by atoms with Crippen molar-refractivity contribution in [1.29, 1.82) is 0 Å². The van der Waals surface area contributed by atoms with Gasteiger partial charge >= 0.3 is 0 Å². The van der Waals surface area contributed by atoms with Crippen molar-refractivity contribution in [3.05, 3.63) is 83.5 Å². The Labute approximate surface area is 176 Å². The van der Waals surface area contributed by atoms with Crippen molar-refractivity contribution < 1.29 is 17.7 Å². The largest absolute Gasteiger partial charge is 0.360 e. The Hall–Kier alpha value is -3.86. The van der Waals surface area contributed by atoms with Gasteiger partial charge in [-0.2, -0.15) is 4.68 Å². The van der Waals surface area contributed by atoms with Crippen LogP contribution in [0.5, 0.6) is 0 Å². The SMILES string of the molecule is O=C(N[C@H]1CS(=O)(=O)c2ccccc2-n2nnnc21)c1cc(Cc2ccccc2)on1. The number of nitrogens with one attached hydrogen (secondary N) is 1. The van der Waals surface area contributed by atoms with Gasteiger partial charge in [-0.1, -0.05) is 47.6 Å². The van der Waals surface area contributed by atoms with Gasteiger partial charge in [0.25, 0.3) is 5.91 Å². The third kappa shape index (κ3) is 3.59. The summed E-state index contributed by atoms with van der Waals surface area (Å²) < 4.78 is 32.4. The predicted octanol–water partition coefficient (Wildman–Crippen LogP) is 1.50. The van der Waals surface area contributed by atoms with Gasteiger partial charge in [0.1, 0.15) is 11.8 Å². The van der Waals surface area contributed by atoms with E-state index in [1.54, 1.807) is 18.2 Å². The standard InChI is InChI=1S/C20H16N6O4S/c27-20(15-11-14(30-23-15)10-13-6-2-1-3-7-13)21-16-12-31(28,29)18-9-5-4-8-17(18)26-19(16)22-24-25-26/h1-9,11,16H,10,12H2,(H,21,27)/t16-/m0/s1. The van der Waals surface area contributed by atoms with Crippen LogP contribution in [0.25, 0.3) is 5.69 Å². The monoisotopic (exact) mass is 436 g/mol. The van der Waals surface area contributed by atoms with Crippen molar-refractivity contribution in [2.45, 2.75) is 17.4 Å². The van der Waals surface area contributed by atoms with Gasteiger partial charge in [0.2, 0.25) is 0 Å². The topological polar surface area (TPSA) is 133 Å². The fourth-order valence-corrected chi connectivity index (χ4v) is 5.11. The van der Waals surface area contributed by atoms with Crippen LogP contribution in [0.1, 0.15) is 33.7 Å². The molecule has 10 nitrogen and oxygen atoms in total. The van der Waals surface area contributed by atoms with E-state index in [4.69, 9.17) is 4.52 Å². The number of fused-ring (bicyclic) bond motifs is 3. The molecule has 156 valence electrons. The van der Waals surface area contributed by atoms with Gasteiger partial charge in [-0.15, -0.1) is 5.10 Å². The van der Waals surface area contributed by atoms with Gasteiger partial charge in [-0.25, -0.2) is 8.42 Å². The number of sulfone groups is 1. The molecule has 1 N–H and O–H groups in total. The van der Waals surface area contributed by atoms with Gasteiger partial charge in [0.15, 0.2) is 21.4 Å². The number of rotatable bonds is 4. The Bertz CT molecular complexity index is 1360. The van der Waals surface area contributed by atoms with Crippen LogP contribution in [0.4, 0.5) is 0 Å². The number of para-hydroxylation sites is 1. The van der Waals surface area contributed by atoms with Crippen molar-refractivity contribution in [2.75, 3.05) is 5.75 Å². The number of nitrogens with zero attached hydrogens (tertiary/aromatic N) is 5. The molecule has 0 aliphatic carbocycles. The first kappa shape index (κ1) is 19.1. The normalized spacial score (nSPS) is 16.7. The fourth-order valence-electron chi connectivity index (χ4n) is 3.50. The van der Waals surface area contributed by atoms with Crippen molar-refractivity contribution >= 4 is 15.7 Å². The summed E-state index contributed by atoms with van der Waals surface area (Å²) in [5.41, 5.74) is 1.40. The minimum atomic E-state index is -3.72. The lowest BCUT2D eigenvalue weighted by Gasteiger charge is -2.13. The van der Waals surface area contributed by atoms with E-state index in [0.29, 0.717) is 17.9 Å². The van der Waals surface area contributed by atoms with Crippen molar-refractivity contribution in [1.82, 2.24) is 30.7 Å². The summed E-state index contributed by atoms with van der Waals surface area (Å²) in [6.45, 7) is 0. The molecule has 2 aromatic heterocycles. The van der Waals surface area contributed by atoms with Gasteiger partial charge < -0.3 is 9.84 Å². The van der Waals surface area contributed by atoms with E-state index in [1.165, 1.54) is 16.8 Å². The summed E-state index contributed by atoms with van der Waals surface area (Å²) in [7, 11) is -3.72. The Kier molecular flexibility index (Phi) is 4.59. The van der Waals surface area contributed by atoms with E-state index in [0.717, 1.165) is 5.56 Å². The molecule has 1 atom stereocenters. The maximum Gasteiger partial charge on any atom is 0.274 e. The summed E-state index contributed by atoms with van der Waals surface area (Å²) in [6, 6.07) is 16.6. The van der Waals surface area contributed by atoms with E-state index in [2.05, 4.69) is 26.0 Å². The number of hydrogen-bond donors (Lipinski definition) is 1. The van der Waals surface area contributed by atoms with E-state index in [9.17, 15) is 13.2 Å². The lowest BCUT2D eigenvalue weighted by atomic mass is 10.1. The summed E-state index contributed by atoms with van der Waals surface area (Å²) in [6.07, 6.45) is 0.479. The molecule has 0 bridgehead atoms. The molecular formula is C20H16N6O4S. The molecule has 1 aliphatic rings. The van der Waals surface area contributed by atoms with E-state index in [1.807, 2.05) is 30.3 Å². The van der Waals surface area contributed by atoms with Gasteiger partial charge in [0.05, 0.1) is 16.3 Å². The second kappa shape index (κ2) is 7.43. The zero-order valence-corrected chi connectivity index (χ0v) is 16.9. The predicted molar refractivity (Wildman–Crippen MR) is 107 cm³/mol. The molecule has 1 aliphatic heterocycles. The minimum absolute atomic E-state index is 0.0455. The van der Waals surface area contributed by atoms with Crippen LogP contribution in [0.3, 0.4) is 0 Å². The molecule has 4 aromatic rings. The first-order chi connectivity index (χ1) is 15.0. The summed E-state index contributed by atoms with van der Waals surface area (Å²) >= 11 is 0. The third-order valence-corrected chi connectivity index (χ3v) is 6.73. The molecular weight excluding hydrogens is 420 g/mol. The van der Waals surface area contributed by atoms with Gasteiger partial charge in [-0.05, 0) is 28.1 Å². The van der Waals surface area contributed by atoms with Crippen LogP contribution in [0.2, 0.25) is 0 Å². The highest BCUT2D eigenvalue weighted by Gasteiger charge is 2.35. The summed E-state index contributed by atoms with van der Waals surface area (Å²) in [5.74, 6) is -0.231. The molecule has 0 saturated carbocycles. The van der Waals surface area contributed by atoms with Crippen LogP contribution in [0.15, 0.2) is 70.1 Å². The van der Waals surface area contributed by atoms with Crippen molar-refractivity contribution in [2.24, 2.45) is 0 Å². The first-order valence-electron chi connectivity index (χ1n) is 9.42. The molecule has 0 saturated heterocycles. The highest BCUT2D eigenvalue weighted by molar-refractivity contribution is 7.91. The maximum absolute atomic E-state index is 12.9. The number of tetrazole rings is 1. The van der Waals surface area contributed by atoms with Crippen LogP contribution in [-0.4, -0.2) is 45.4 Å². The zero-order valence-electron chi connectivity index (χ0n) is 16.0. The van der Waals surface area contributed by atoms with Gasteiger partial charge in [0, 0.05) is 12.5 Å². The number of benzene rings is 2. The molecule has 0 radical (unpaired) electrons. The van der Waals surface area contributed by atoms with E-state index >= 15 is 0 Å². The number of carbonyl (C=O) groups is 1. The lowest BCUT2D eigenvalue weighted by molar-refractivity contribution is 0.0929. The van der Waals surface area contributed by atoms with Gasteiger partial charge in [-0.3, -0.25) is 4.79 Å². The molecule has 1 amide bonds. The molecule has 31 heavy (non-hydrogen) atoms. The Morgan fingerprint density at radius 3 is 2.74 bits per heavy atom. The quantitative estimate of drug-likeness (QED) is 0.509. The summed E-state index contributed by atoms with van der Waals surface area (Å²) in [5, 5.41) is 18.0. The highest BCUT2D eigenvalue weighted by Crippen LogP contribution is 2.29. The number of hydrogen-bond acceptors (Lipinski definition) is 8. The van der Waals surface area contributed by atoms with Crippen LogP contribution < -0.4 is 5.32 Å². The highest BCUT2D eigenvalue weighted by atomic mass is 32.2. The van der Waals surface area contributed by atoms with Crippen LogP contribution in [-0.2, 0) is 16.3 Å². The second-order valence-corrected chi connectivity index (χ2v) is 9.07. The third-order valence-electron chi connectivity index (χ3n) is 4.94. The number of amides is 1. The maximum atomic E-state index is 12.9. The molecule has 5 rings (SSSR count). The number of aromatic nitrogens is 5. The Balaban J connectivity index is 1.41. The van der Waals surface area contributed by atoms with Crippen LogP contribution >= 0.6 is 0 Å². The van der Waals surface area contributed by atoms with Crippen molar-refractivity contribution in [3.63, 3.8) is 0 Å². The molecule has 0 fully saturated rings. The minimum Gasteiger partial charge on any atom is -0.360 e. The number of carbonyl (C=O) groups excluding carboxylic acids is 1. The second-order valence-electron chi connectivity index (χ2n) is 7.06. The van der Waals surface area contributed by atoms with E-state index < -0.39 is 21.8 Å². The lowest BCUT2D eigenvalue weighted by Crippen LogP contribution is -2.34. The molecule has 3 heterocycles. The Morgan fingerprint density at radius 1 is 1.13 bits per heavy atom. The zero-order chi connectivity index (χ0) is 21.4. The smallest absolute Gasteiger partial charge is 0.274 e. The van der Waals surface area contributed by atoms with Crippen LogP contribution in [0, 0.1) is 0 Å². The average molecular weight is 436 g/mol. The van der Waals surface area contributed by atoms with E-state index in [-0.39, 0.29) is 22.2 Å². The Morgan fingerprint density at radius 2 is 1.90 bits per heavy atom. The molecule has 2 aromatic carbocycles. The molecule has 11 heteroatoms. The average Bonchev–Trinajstić information content (AvgIpc) is 3.42.